The molecule has 1 atom stereocenters. The van der Waals surface area contributed by atoms with Gasteiger partial charge in [0.15, 0.2) is 0 Å². The standard InChI is InChI=1S/C14H14N2O3/c17-14(18)19-13-2-1-11-5-10(6-12(11)7-13)8-16-4-3-15-9-16/h1-4,7,9-10H,5-6,8H2,(H,17,18). The largest absolute Gasteiger partial charge is 0.511 e. The summed E-state index contributed by atoms with van der Waals surface area (Å²) in [6.07, 6.45) is 6.25. The molecule has 0 saturated heterocycles. The highest BCUT2D eigenvalue weighted by Crippen LogP contribution is 2.30. The Bertz CT molecular complexity index is 593. The number of ether oxygens (including phenoxy) is 1. The number of nitrogens with zero attached hydrogens (tertiary/aromatic N) is 2. The Kier molecular flexibility index (Phi) is 2.95. The number of fused-ring (bicyclic) bond motifs is 1. The molecule has 0 saturated carbocycles. The van der Waals surface area contributed by atoms with Gasteiger partial charge in [0.05, 0.1) is 6.33 Å². The molecule has 3 rings (SSSR count). The fourth-order valence-corrected chi connectivity index (χ4v) is 2.67. The van der Waals surface area contributed by atoms with Gasteiger partial charge in [-0.05, 0) is 42.0 Å². The smallest absolute Gasteiger partial charge is 0.449 e. The minimum absolute atomic E-state index is 0.398. The fourth-order valence-electron chi connectivity index (χ4n) is 2.67. The molecule has 0 aliphatic heterocycles. The summed E-state index contributed by atoms with van der Waals surface area (Å²) in [6.45, 7) is 0.934. The summed E-state index contributed by atoms with van der Waals surface area (Å²) in [5.74, 6) is 0.929. The lowest BCUT2D eigenvalue weighted by molar-refractivity contribution is 0.144. The first-order valence-corrected chi connectivity index (χ1v) is 6.19. The van der Waals surface area contributed by atoms with Gasteiger partial charge in [0.1, 0.15) is 5.75 Å². The highest BCUT2D eigenvalue weighted by Gasteiger charge is 2.22. The maximum atomic E-state index is 10.5. The summed E-state index contributed by atoms with van der Waals surface area (Å²) in [4.78, 5) is 14.6. The molecular weight excluding hydrogens is 244 g/mol. The number of benzene rings is 1. The molecule has 5 nitrogen and oxygen atoms in total. The number of carbonyl (C=O) groups is 1. The summed E-state index contributed by atoms with van der Waals surface area (Å²) in [6, 6.07) is 5.51. The summed E-state index contributed by atoms with van der Waals surface area (Å²) >= 11 is 0. The van der Waals surface area contributed by atoms with E-state index in [2.05, 4.69) is 14.3 Å². The SMILES string of the molecule is O=C(O)Oc1ccc2c(c1)CC(Cn1ccnc1)C2. The Labute approximate surface area is 110 Å². The predicted octanol–water partition coefficient (Wildman–Crippen LogP) is 2.35. The average Bonchev–Trinajstić information content (AvgIpc) is 2.97. The third-order valence-electron chi connectivity index (χ3n) is 3.43. The fraction of sp³-hybridized carbons (Fsp3) is 0.286. The van der Waals surface area contributed by atoms with E-state index in [1.807, 2.05) is 24.7 Å². The van der Waals surface area contributed by atoms with Gasteiger partial charge < -0.3 is 14.4 Å². The number of carboxylic acid groups (broad SMARTS) is 1. The van der Waals surface area contributed by atoms with E-state index in [4.69, 9.17) is 5.11 Å². The number of rotatable bonds is 3. The lowest BCUT2D eigenvalue weighted by atomic mass is 10.1. The molecule has 0 bridgehead atoms. The van der Waals surface area contributed by atoms with Crippen LogP contribution < -0.4 is 4.74 Å². The lowest BCUT2D eigenvalue weighted by Gasteiger charge is -2.08. The molecule has 1 aliphatic rings. The van der Waals surface area contributed by atoms with Gasteiger partial charge in [-0.2, -0.15) is 0 Å². The van der Waals surface area contributed by atoms with Crippen LogP contribution in [0.3, 0.4) is 0 Å². The van der Waals surface area contributed by atoms with Crippen molar-refractivity contribution < 1.29 is 14.6 Å². The third kappa shape index (κ3) is 2.59. The van der Waals surface area contributed by atoms with Crippen LogP contribution in [0.25, 0.3) is 0 Å². The van der Waals surface area contributed by atoms with Crippen molar-refractivity contribution in [2.75, 3.05) is 0 Å². The van der Waals surface area contributed by atoms with E-state index in [1.54, 1.807) is 12.3 Å². The maximum absolute atomic E-state index is 10.5. The number of hydrogen-bond donors (Lipinski definition) is 1. The summed E-state index contributed by atoms with van der Waals surface area (Å²) < 4.78 is 6.76. The molecule has 0 amide bonds. The van der Waals surface area contributed by atoms with Crippen LogP contribution in [0.4, 0.5) is 4.79 Å². The molecule has 1 aromatic carbocycles. The first-order valence-electron chi connectivity index (χ1n) is 6.19. The molecule has 1 heterocycles. The van der Waals surface area contributed by atoms with Crippen LogP contribution in [0.2, 0.25) is 0 Å². The van der Waals surface area contributed by atoms with Crippen LogP contribution in [-0.4, -0.2) is 20.8 Å². The molecule has 5 heteroatoms. The van der Waals surface area contributed by atoms with E-state index >= 15 is 0 Å². The van der Waals surface area contributed by atoms with Gasteiger partial charge in [-0.15, -0.1) is 0 Å². The molecule has 19 heavy (non-hydrogen) atoms. The second-order valence-electron chi connectivity index (χ2n) is 4.83. The van der Waals surface area contributed by atoms with Crippen molar-refractivity contribution in [1.82, 2.24) is 9.55 Å². The lowest BCUT2D eigenvalue weighted by Crippen LogP contribution is -2.09. The Balaban J connectivity index is 1.71. The zero-order valence-corrected chi connectivity index (χ0v) is 10.3. The van der Waals surface area contributed by atoms with Gasteiger partial charge in [-0.1, -0.05) is 6.07 Å². The van der Waals surface area contributed by atoms with Crippen molar-refractivity contribution in [1.29, 1.82) is 0 Å². The molecule has 1 aromatic heterocycles. The zero-order valence-electron chi connectivity index (χ0n) is 10.3. The van der Waals surface area contributed by atoms with Gasteiger partial charge in [0.25, 0.3) is 0 Å². The molecule has 98 valence electrons. The Morgan fingerprint density at radius 3 is 3.00 bits per heavy atom. The van der Waals surface area contributed by atoms with Gasteiger partial charge in [0.2, 0.25) is 0 Å². The van der Waals surface area contributed by atoms with E-state index in [0.717, 1.165) is 19.4 Å². The normalized spacial score (nSPS) is 17.2. The van der Waals surface area contributed by atoms with Gasteiger partial charge in [-0.3, -0.25) is 0 Å². The van der Waals surface area contributed by atoms with E-state index in [9.17, 15) is 4.79 Å². The van der Waals surface area contributed by atoms with Crippen LogP contribution in [0, 0.1) is 5.92 Å². The quantitative estimate of drug-likeness (QED) is 0.678. The topological polar surface area (TPSA) is 64.3 Å². The first kappa shape index (κ1) is 11.8. The van der Waals surface area contributed by atoms with Gasteiger partial charge in [-0.25, -0.2) is 9.78 Å². The van der Waals surface area contributed by atoms with Crippen molar-refractivity contribution in [2.24, 2.45) is 5.92 Å². The molecule has 0 spiro atoms. The minimum atomic E-state index is -1.27. The summed E-state index contributed by atoms with van der Waals surface area (Å²) in [7, 11) is 0. The Hall–Kier alpha value is -2.30. The van der Waals surface area contributed by atoms with Crippen LogP contribution >= 0.6 is 0 Å². The van der Waals surface area contributed by atoms with Crippen molar-refractivity contribution in [3.05, 3.63) is 48.0 Å². The van der Waals surface area contributed by atoms with Gasteiger partial charge in [0, 0.05) is 18.9 Å². The third-order valence-corrected chi connectivity index (χ3v) is 3.43. The highest BCUT2D eigenvalue weighted by molar-refractivity contribution is 5.61. The van der Waals surface area contributed by atoms with Crippen LogP contribution in [-0.2, 0) is 19.4 Å². The molecule has 2 aromatic rings. The monoisotopic (exact) mass is 258 g/mol. The van der Waals surface area contributed by atoms with E-state index in [-0.39, 0.29) is 0 Å². The van der Waals surface area contributed by atoms with E-state index < -0.39 is 6.16 Å². The number of aromatic nitrogens is 2. The van der Waals surface area contributed by atoms with Crippen LogP contribution in [0.15, 0.2) is 36.9 Å². The van der Waals surface area contributed by atoms with Crippen molar-refractivity contribution in [3.63, 3.8) is 0 Å². The highest BCUT2D eigenvalue weighted by atomic mass is 16.7. The Morgan fingerprint density at radius 1 is 1.42 bits per heavy atom. The van der Waals surface area contributed by atoms with E-state index in [0.29, 0.717) is 11.7 Å². The molecular formula is C14H14N2O3. The predicted molar refractivity (Wildman–Crippen MR) is 68.2 cm³/mol. The Morgan fingerprint density at radius 2 is 2.26 bits per heavy atom. The minimum Gasteiger partial charge on any atom is -0.449 e. The molecule has 1 N–H and O–H groups in total. The van der Waals surface area contributed by atoms with Crippen LogP contribution in [0.5, 0.6) is 5.75 Å². The molecule has 0 fully saturated rings. The van der Waals surface area contributed by atoms with Crippen LogP contribution in [0.1, 0.15) is 11.1 Å². The molecule has 0 radical (unpaired) electrons. The second kappa shape index (κ2) is 4.76. The molecule has 1 aliphatic carbocycles. The maximum Gasteiger partial charge on any atom is 0.511 e. The van der Waals surface area contributed by atoms with E-state index in [1.165, 1.54) is 11.1 Å². The number of hydrogen-bond acceptors (Lipinski definition) is 3. The summed E-state index contributed by atoms with van der Waals surface area (Å²) in [5.41, 5.74) is 2.46. The molecule has 1 unspecified atom stereocenters. The van der Waals surface area contributed by atoms with Crippen molar-refractivity contribution in [2.45, 2.75) is 19.4 Å². The zero-order chi connectivity index (χ0) is 13.2. The first-order chi connectivity index (χ1) is 9.20. The van der Waals surface area contributed by atoms with Gasteiger partial charge >= 0.3 is 6.16 Å². The average molecular weight is 258 g/mol. The second-order valence-corrected chi connectivity index (χ2v) is 4.83. The van der Waals surface area contributed by atoms with Crippen molar-refractivity contribution in [3.8, 4) is 5.75 Å². The summed E-state index contributed by atoms with van der Waals surface area (Å²) in [5, 5.41) is 8.61. The number of imidazole rings is 1. The van der Waals surface area contributed by atoms with Crippen molar-refractivity contribution >= 4 is 6.16 Å².